The number of nitriles is 1. The molecule has 1 heterocycles. The molecule has 1 aromatic rings. The molecule has 0 N–H and O–H groups in total. The van der Waals surface area contributed by atoms with Crippen molar-refractivity contribution in [2.24, 2.45) is 0 Å². The Morgan fingerprint density at radius 2 is 2.05 bits per heavy atom. The number of hydrogen-bond donors (Lipinski definition) is 0. The molecule has 2 nitrogen and oxygen atoms in total. The molecule has 1 spiro atoms. The summed E-state index contributed by atoms with van der Waals surface area (Å²) in [7, 11) is 0. The SMILES string of the molecule is CC1CC2(CCCC2)N(CCCC#N)c2ccccc21. The van der Waals surface area contributed by atoms with E-state index in [0.29, 0.717) is 17.9 Å². The quantitative estimate of drug-likeness (QED) is 0.748. The first-order chi connectivity index (χ1) is 9.77. The van der Waals surface area contributed by atoms with Gasteiger partial charge in [0.25, 0.3) is 0 Å². The third kappa shape index (κ3) is 2.20. The maximum Gasteiger partial charge on any atom is 0.0622 e. The molecule has 1 fully saturated rings. The maximum absolute atomic E-state index is 8.82. The van der Waals surface area contributed by atoms with Crippen molar-refractivity contribution in [1.82, 2.24) is 0 Å². The molecule has 1 saturated carbocycles. The van der Waals surface area contributed by atoms with Gasteiger partial charge >= 0.3 is 0 Å². The minimum atomic E-state index is 0.378. The van der Waals surface area contributed by atoms with Gasteiger partial charge in [-0.25, -0.2) is 0 Å². The summed E-state index contributed by atoms with van der Waals surface area (Å²) < 4.78 is 0. The molecule has 2 heteroatoms. The number of benzene rings is 1. The van der Waals surface area contributed by atoms with Crippen LogP contribution in [0.3, 0.4) is 0 Å². The molecule has 0 amide bonds. The lowest BCUT2D eigenvalue weighted by Crippen LogP contribution is -2.51. The van der Waals surface area contributed by atoms with Gasteiger partial charge in [0.15, 0.2) is 0 Å². The molecular formula is C18H24N2. The van der Waals surface area contributed by atoms with Gasteiger partial charge in [-0.1, -0.05) is 38.0 Å². The number of hydrogen-bond acceptors (Lipinski definition) is 2. The van der Waals surface area contributed by atoms with Crippen LogP contribution in [0.1, 0.15) is 63.4 Å². The fourth-order valence-electron chi connectivity index (χ4n) is 4.38. The number of rotatable bonds is 3. The molecule has 0 saturated heterocycles. The lowest BCUT2D eigenvalue weighted by molar-refractivity contribution is 0.325. The Balaban J connectivity index is 1.95. The van der Waals surface area contributed by atoms with Gasteiger partial charge in [0.05, 0.1) is 6.07 Å². The molecule has 0 bridgehead atoms. The number of fused-ring (bicyclic) bond motifs is 1. The van der Waals surface area contributed by atoms with Crippen LogP contribution in [-0.4, -0.2) is 12.1 Å². The lowest BCUT2D eigenvalue weighted by atomic mass is 9.76. The van der Waals surface area contributed by atoms with Crippen molar-refractivity contribution in [2.75, 3.05) is 11.4 Å². The molecule has 1 atom stereocenters. The van der Waals surface area contributed by atoms with Crippen molar-refractivity contribution >= 4 is 5.69 Å². The van der Waals surface area contributed by atoms with Crippen LogP contribution >= 0.6 is 0 Å². The first-order valence-electron chi connectivity index (χ1n) is 8.00. The lowest BCUT2D eigenvalue weighted by Gasteiger charge is -2.50. The fraction of sp³-hybridized carbons (Fsp3) is 0.611. The molecule has 0 aromatic heterocycles. The van der Waals surface area contributed by atoms with E-state index in [9.17, 15) is 0 Å². The van der Waals surface area contributed by atoms with Crippen molar-refractivity contribution in [3.63, 3.8) is 0 Å². The third-order valence-corrected chi connectivity index (χ3v) is 5.22. The van der Waals surface area contributed by atoms with E-state index < -0.39 is 0 Å². The zero-order valence-electron chi connectivity index (χ0n) is 12.4. The summed E-state index contributed by atoms with van der Waals surface area (Å²) >= 11 is 0. The monoisotopic (exact) mass is 268 g/mol. The molecule has 20 heavy (non-hydrogen) atoms. The Bertz CT molecular complexity index is 508. The van der Waals surface area contributed by atoms with Gasteiger partial charge in [-0.3, -0.25) is 0 Å². The van der Waals surface area contributed by atoms with E-state index in [1.54, 1.807) is 0 Å². The molecule has 0 radical (unpaired) electrons. The Labute approximate surface area is 122 Å². The van der Waals surface area contributed by atoms with E-state index in [0.717, 1.165) is 13.0 Å². The molecule has 1 aliphatic carbocycles. The summed E-state index contributed by atoms with van der Waals surface area (Å²) in [5, 5.41) is 8.82. The van der Waals surface area contributed by atoms with Crippen molar-refractivity contribution in [1.29, 1.82) is 5.26 Å². The summed E-state index contributed by atoms with van der Waals surface area (Å²) in [6.45, 7) is 3.42. The van der Waals surface area contributed by atoms with Crippen molar-refractivity contribution in [2.45, 2.75) is 63.3 Å². The second-order valence-corrected chi connectivity index (χ2v) is 6.51. The van der Waals surface area contributed by atoms with Crippen LogP contribution in [0.25, 0.3) is 0 Å². The van der Waals surface area contributed by atoms with Gasteiger partial charge in [0.1, 0.15) is 0 Å². The van der Waals surface area contributed by atoms with E-state index in [-0.39, 0.29) is 0 Å². The molecule has 1 aliphatic heterocycles. The largest absolute Gasteiger partial charge is 0.366 e. The summed E-state index contributed by atoms with van der Waals surface area (Å²) in [6, 6.07) is 11.2. The molecule has 2 aliphatic rings. The van der Waals surface area contributed by atoms with Crippen LogP contribution in [0, 0.1) is 11.3 Å². The van der Waals surface area contributed by atoms with E-state index in [4.69, 9.17) is 5.26 Å². The smallest absolute Gasteiger partial charge is 0.0622 e. The van der Waals surface area contributed by atoms with Gasteiger partial charge in [0.2, 0.25) is 0 Å². The van der Waals surface area contributed by atoms with Crippen LogP contribution in [0.5, 0.6) is 0 Å². The van der Waals surface area contributed by atoms with Crippen LogP contribution in [0.2, 0.25) is 0 Å². The molecule has 1 unspecified atom stereocenters. The summed E-state index contributed by atoms with van der Waals surface area (Å²) in [4.78, 5) is 2.66. The summed E-state index contributed by atoms with van der Waals surface area (Å²) in [6.07, 6.45) is 8.34. The van der Waals surface area contributed by atoms with E-state index in [1.165, 1.54) is 43.4 Å². The first-order valence-corrected chi connectivity index (χ1v) is 8.00. The predicted molar refractivity (Wildman–Crippen MR) is 82.9 cm³/mol. The first kappa shape index (κ1) is 13.5. The van der Waals surface area contributed by atoms with Crippen LogP contribution < -0.4 is 4.90 Å². The maximum atomic E-state index is 8.82. The van der Waals surface area contributed by atoms with Gasteiger partial charge in [-0.05, 0) is 43.2 Å². The molecular weight excluding hydrogens is 244 g/mol. The van der Waals surface area contributed by atoms with E-state index in [2.05, 4.69) is 42.2 Å². The third-order valence-electron chi connectivity index (χ3n) is 5.22. The zero-order chi connectivity index (χ0) is 14.0. The second-order valence-electron chi connectivity index (χ2n) is 6.51. The Hall–Kier alpha value is -1.49. The van der Waals surface area contributed by atoms with E-state index in [1.807, 2.05) is 0 Å². The van der Waals surface area contributed by atoms with Gasteiger partial charge in [0, 0.05) is 24.2 Å². The van der Waals surface area contributed by atoms with Crippen LogP contribution in [-0.2, 0) is 0 Å². The minimum Gasteiger partial charge on any atom is -0.366 e. The number of nitrogens with zero attached hydrogens (tertiary/aromatic N) is 2. The zero-order valence-corrected chi connectivity index (χ0v) is 12.4. The summed E-state index contributed by atoms with van der Waals surface area (Å²) in [5.74, 6) is 0.663. The van der Waals surface area contributed by atoms with E-state index >= 15 is 0 Å². The summed E-state index contributed by atoms with van der Waals surface area (Å²) in [5.41, 5.74) is 3.32. The fourth-order valence-corrected chi connectivity index (χ4v) is 4.38. The number of unbranched alkanes of at least 4 members (excludes halogenated alkanes) is 1. The van der Waals surface area contributed by atoms with Gasteiger partial charge < -0.3 is 4.90 Å². The molecule has 3 rings (SSSR count). The average Bonchev–Trinajstić information content (AvgIpc) is 2.92. The highest BCUT2D eigenvalue weighted by atomic mass is 15.2. The molecule has 1 aromatic carbocycles. The van der Waals surface area contributed by atoms with Crippen molar-refractivity contribution in [3.8, 4) is 6.07 Å². The standard InChI is InChI=1S/C18H24N2/c1-15-14-18(10-4-5-11-18)20(13-7-6-12-19)17-9-3-2-8-16(15)17/h2-3,8-9,15H,4-7,10-11,13-14H2,1H3. The Morgan fingerprint density at radius 3 is 2.80 bits per heavy atom. The van der Waals surface area contributed by atoms with Crippen LogP contribution in [0.15, 0.2) is 24.3 Å². The Morgan fingerprint density at radius 1 is 1.30 bits per heavy atom. The predicted octanol–water partition coefficient (Wildman–Crippen LogP) is 4.62. The van der Waals surface area contributed by atoms with Gasteiger partial charge in [-0.2, -0.15) is 5.26 Å². The van der Waals surface area contributed by atoms with Crippen molar-refractivity contribution < 1.29 is 0 Å². The topological polar surface area (TPSA) is 27.0 Å². The number of anilines is 1. The Kier molecular flexibility index (Phi) is 3.70. The average molecular weight is 268 g/mol. The van der Waals surface area contributed by atoms with Crippen molar-refractivity contribution in [3.05, 3.63) is 29.8 Å². The number of para-hydroxylation sites is 1. The minimum absolute atomic E-state index is 0.378. The van der Waals surface area contributed by atoms with Gasteiger partial charge in [-0.15, -0.1) is 0 Å². The highest BCUT2D eigenvalue weighted by Gasteiger charge is 2.44. The normalized spacial score (nSPS) is 23.6. The van der Waals surface area contributed by atoms with Crippen LogP contribution in [0.4, 0.5) is 5.69 Å². The molecule has 106 valence electrons. The highest BCUT2D eigenvalue weighted by molar-refractivity contribution is 5.60. The second kappa shape index (κ2) is 5.48. The highest BCUT2D eigenvalue weighted by Crippen LogP contribution is 2.50.